The number of ketones is 2. The van der Waals surface area contributed by atoms with Gasteiger partial charge in [-0.25, -0.2) is 0 Å². The molecule has 9 heteroatoms. The lowest BCUT2D eigenvalue weighted by molar-refractivity contribution is -0.155. The zero-order chi connectivity index (χ0) is 30.7. The van der Waals surface area contributed by atoms with Crippen LogP contribution in [0.2, 0.25) is 0 Å². The van der Waals surface area contributed by atoms with Crippen LogP contribution in [-0.4, -0.2) is 57.6 Å². The molecule has 0 saturated heterocycles. The van der Waals surface area contributed by atoms with Crippen LogP contribution in [0.3, 0.4) is 0 Å². The van der Waals surface area contributed by atoms with E-state index in [2.05, 4.69) is 11.8 Å². The lowest BCUT2D eigenvalue weighted by Gasteiger charge is -2.50. The number of nitrogens with zero attached hydrogens (tertiary/aromatic N) is 1. The summed E-state index contributed by atoms with van der Waals surface area (Å²) in [6, 6.07) is 11.3. The first-order valence-electron chi connectivity index (χ1n) is 13.9. The van der Waals surface area contributed by atoms with Gasteiger partial charge in [-0.1, -0.05) is 56.0 Å². The molecule has 0 aromatic heterocycles. The number of carbonyl (C=O) groups is 3. The summed E-state index contributed by atoms with van der Waals surface area (Å²) in [5.41, 5.74) is 4.33. The van der Waals surface area contributed by atoms with E-state index >= 15 is 0 Å². The molecule has 3 aliphatic carbocycles. The number of aromatic hydroxyl groups is 1. The lowest BCUT2D eigenvalue weighted by atomic mass is 9.54. The minimum atomic E-state index is -2.64. The van der Waals surface area contributed by atoms with E-state index in [-0.39, 0.29) is 35.3 Å². The minimum Gasteiger partial charge on any atom is -0.508 e. The summed E-state index contributed by atoms with van der Waals surface area (Å²) < 4.78 is 0. The number of hydrogen-bond acceptors (Lipinski definition) is 8. The Morgan fingerprint density at radius 1 is 1.14 bits per heavy atom. The summed E-state index contributed by atoms with van der Waals surface area (Å²) >= 11 is 0. The summed E-state index contributed by atoms with van der Waals surface area (Å²) in [7, 11) is 3.63. The largest absolute Gasteiger partial charge is 0.508 e. The predicted octanol–water partition coefficient (Wildman–Crippen LogP) is 2.97. The van der Waals surface area contributed by atoms with E-state index in [9.17, 15) is 34.8 Å². The number of rotatable bonds is 4. The molecule has 0 radical (unpaired) electrons. The molecule has 0 aliphatic heterocycles. The fourth-order valence-corrected chi connectivity index (χ4v) is 6.86. The van der Waals surface area contributed by atoms with Gasteiger partial charge in [0.05, 0.1) is 11.1 Å². The van der Waals surface area contributed by atoms with E-state index in [4.69, 9.17) is 5.73 Å². The molecule has 42 heavy (non-hydrogen) atoms. The number of nitrogens with two attached hydrogens (primary N) is 1. The average molecular weight is 571 g/mol. The number of hydrogen-bond donors (Lipinski definition) is 5. The Balaban J connectivity index is 1.68. The number of amides is 1. The molecule has 1 amide bonds. The highest BCUT2D eigenvalue weighted by molar-refractivity contribution is 6.23. The third-order valence-electron chi connectivity index (χ3n) is 8.79. The Kier molecular flexibility index (Phi) is 7.15. The van der Waals surface area contributed by atoms with Gasteiger partial charge in [-0.05, 0) is 41.9 Å². The van der Waals surface area contributed by atoms with E-state index < -0.39 is 63.8 Å². The predicted molar refractivity (Wildman–Crippen MR) is 156 cm³/mol. The number of primary amides is 1. The molecule has 9 nitrogen and oxygen atoms in total. The molecule has 0 spiro atoms. The fourth-order valence-electron chi connectivity index (χ4n) is 6.86. The zero-order valence-electron chi connectivity index (χ0n) is 23.9. The van der Waals surface area contributed by atoms with Gasteiger partial charge in [0.25, 0.3) is 5.91 Å². The molecule has 2 aromatic carbocycles. The van der Waals surface area contributed by atoms with Gasteiger partial charge in [0, 0.05) is 43.6 Å². The second-order valence-electron chi connectivity index (χ2n) is 11.8. The van der Waals surface area contributed by atoms with Gasteiger partial charge in [0.2, 0.25) is 5.78 Å². The Bertz CT molecular complexity index is 1640. The first kappa shape index (κ1) is 29.0. The number of phenols is 1. The van der Waals surface area contributed by atoms with Crippen LogP contribution in [0.25, 0.3) is 5.76 Å². The number of anilines is 1. The van der Waals surface area contributed by atoms with Crippen LogP contribution in [0.5, 0.6) is 5.75 Å². The maximum Gasteiger partial charge on any atom is 0.255 e. The topological polar surface area (TPSA) is 161 Å². The molecule has 5 rings (SSSR count). The summed E-state index contributed by atoms with van der Waals surface area (Å²) in [4.78, 5) is 41.4. The molecule has 0 bridgehead atoms. The van der Waals surface area contributed by atoms with E-state index in [1.165, 1.54) is 0 Å². The van der Waals surface area contributed by atoms with E-state index in [0.717, 1.165) is 5.56 Å². The zero-order valence-corrected chi connectivity index (χ0v) is 23.9. The van der Waals surface area contributed by atoms with Gasteiger partial charge in [-0.3, -0.25) is 14.4 Å². The van der Waals surface area contributed by atoms with Crippen molar-refractivity contribution in [3.63, 3.8) is 0 Å². The molecule has 0 heterocycles. The van der Waals surface area contributed by atoms with E-state index in [1.54, 1.807) is 19.9 Å². The molecule has 4 atom stereocenters. The third kappa shape index (κ3) is 4.25. The molecule has 218 valence electrons. The van der Waals surface area contributed by atoms with Crippen LogP contribution in [0.1, 0.15) is 42.5 Å². The molecule has 2 aromatic rings. The van der Waals surface area contributed by atoms with Gasteiger partial charge in [0.15, 0.2) is 11.4 Å². The average Bonchev–Trinajstić information content (AvgIpc) is 2.92. The monoisotopic (exact) mass is 570 g/mol. The first-order chi connectivity index (χ1) is 19.8. The number of Topliss-reactive ketones (excluding diaryl/α,β-unsaturated/α-hetero) is 2. The molecule has 6 N–H and O–H groups in total. The van der Waals surface area contributed by atoms with Gasteiger partial charge < -0.3 is 31.1 Å². The number of benzene rings is 2. The molecule has 0 unspecified atom stereocenters. The van der Waals surface area contributed by atoms with Gasteiger partial charge in [-0.15, -0.1) is 0 Å². The second kappa shape index (κ2) is 10.4. The van der Waals surface area contributed by atoms with Crippen LogP contribution in [0.15, 0.2) is 53.3 Å². The summed E-state index contributed by atoms with van der Waals surface area (Å²) in [5.74, 6) is -1.91. The highest BCUT2D eigenvalue weighted by Crippen LogP contribution is 2.55. The van der Waals surface area contributed by atoms with Crippen molar-refractivity contribution >= 4 is 28.9 Å². The van der Waals surface area contributed by atoms with Crippen LogP contribution in [-0.2, 0) is 27.2 Å². The highest BCUT2D eigenvalue weighted by atomic mass is 16.3. The Morgan fingerprint density at radius 3 is 2.40 bits per heavy atom. The van der Waals surface area contributed by atoms with Crippen molar-refractivity contribution in [2.75, 3.05) is 19.0 Å². The van der Waals surface area contributed by atoms with Crippen molar-refractivity contribution in [1.82, 2.24) is 0 Å². The van der Waals surface area contributed by atoms with E-state index in [1.807, 2.05) is 49.3 Å². The SMILES string of the molecule is CC(C)[C@@H]1C(=O)C(C(N)=O)=C(O)[C@@]2(O)C(=O)C3=C(O)c4c(O)c(C#CCc5ccccc5)cc(N(C)C)c4C[C@H]3C[C@@H]12. The number of aliphatic hydroxyl groups is 3. The highest BCUT2D eigenvalue weighted by Gasteiger charge is 2.64. The molecule has 1 saturated carbocycles. The quantitative estimate of drug-likeness (QED) is 0.277. The third-order valence-corrected chi connectivity index (χ3v) is 8.79. The Labute approximate surface area is 244 Å². The van der Waals surface area contributed by atoms with Gasteiger partial charge in [0.1, 0.15) is 22.8 Å². The lowest BCUT2D eigenvalue weighted by Crippen LogP contribution is -2.62. The molecular weight excluding hydrogens is 536 g/mol. The Morgan fingerprint density at radius 2 is 1.81 bits per heavy atom. The van der Waals surface area contributed by atoms with Crippen molar-refractivity contribution in [2.45, 2.75) is 38.7 Å². The maximum atomic E-state index is 14.1. The summed E-state index contributed by atoms with van der Waals surface area (Å²) in [6.45, 7) is 3.46. The first-order valence-corrected chi connectivity index (χ1v) is 13.9. The summed E-state index contributed by atoms with van der Waals surface area (Å²) in [6.07, 6.45) is 0.719. The van der Waals surface area contributed by atoms with E-state index in [0.29, 0.717) is 17.7 Å². The minimum absolute atomic E-state index is 0.0257. The van der Waals surface area contributed by atoms with Crippen molar-refractivity contribution in [3.05, 3.63) is 75.6 Å². The number of phenolic OH excluding ortho intramolecular Hbond substituents is 1. The van der Waals surface area contributed by atoms with Gasteiger partial charge in [-0.2, -0.15) is 0 Å². The normalized spacial score (nSPS) is 25.0. The summed E-state index contributed by atoms with van der Waals surface area (Å²) in [5, 5.41) is 45.8. The fraction of sp³-hybridized carbons (Fsp3) is 0.364. The van der Waals surface area contributed by atoms with Crippen molar-refractivity contribution in [3.8, 4) is 17.6 Å². The van der Waals surface area contributed by atoms with Crippen molar-refractivity contribution in [1.29, 1.82) is 0 Å². The molecule has 3 aliphatic rings. The van der Waals surface area contributed by atoms with Crippen LogP contribution in [0, 0.1) is 35.5 Å². The molecule has 1 fully saturated rings. The molecular formula is C33H34N2O7. The van der Waals surface area contributed by atoms with Crippen LogP contribution >= 0.6 is 0 Å². The van der Waals surface area contributed by atoms with Crippen molar-refractivity contribution in [2.24, 2.45) is 29.4 Å². The smallest absolute Gasteiger partial charge is 0.255 e. The number of aliphatic hydroxyl groups excluding tert-OH is 2. The van der Waals surface area contributed by atoms with Crippen LogP contribution in [0.4, 0.5) is 5.69 Å². The number of fused-ring (bicyclic) bond motifs is 3. The Hall–Kier alpha value is -4.55. The second-order valence-corrected chi connectivity index (χ2v) is 11.8. The number of carbonyl (C=O) groups excluding carboxylic acids is 3. The van der Waals surface area contributed by atoms with Crippen LogP contribution < -0.4 is 10.6 Å². The standard InChI is InChI=1S/C33H34N2O7/c1-16(2)23-21-14-19-13-20-22(35(3)4)15-18(12-8-11-17-9-6-5-7-10-17)27(36)25(20)29(38)24(19)30(39)33(21,42)31(40)26(28(23)37)32(34)41/h5-7,9-10,15-16,19,21,23,36,38,40,42H,11,13-14H2,1-4H3,(H2,34,41)/t19-,21-,23-,33-/m0/s1. The maximum absolute atomic E-state index is 14.1. The van der Waals surface area contributed by atoms with Crippen molar-refractivity contribution < 1.29 is 34.8 Å². The van der Waals surface area contributed by atoms with Gasteiger partial charge >= 0.3 is 0 Å².